The van der Waals surface area contributed by atoms with Crippen molar-refractivity contribution < 1.29 is 23.8 Å². The molecule has 152 valence electrons. The van der Waals surface area contributed by atoms with Crippen LogP contribution in [0.1, 0.15) is 45.1 Å². The summed E-state index contributed by atoms with van der Waals surface area (Å²) in [6, 6.07) is 11.3. The molecule has 7 nitrogen and oxygen atoms in total. The molecule has 0 aliphatic rings. The van der Waals surface area contributed by atoms with Crippen molar-refractivity contribution >= 4 is 23.6 Å². The fourth-order valence-corrected chi connectivity index (χ4v) is 3.05. The molecule has 1 aromatic carbocycles. The second kappa shape index (κ2) is 9.05. The first-order valence-electron chi connectivity index (χ1n) is 8.96. The van der Waals surface area contributed by atoms with E-state index >= 15 is 0 Å². The van der Waals surface area contributed by atoms with E-state index < -0.39 is 23.2 Å². The summed E-state index contributed by atoms with van der Waals surface area (Å²) < 4.78 is 20.4. The summed E-state index contributed by atoms with van der Waals surface area (Å²) in [7, 11) is 0. The molecule has 0 radical (unpaired) electrons. The van der Waals surface area contributed by atoms with Crippen LogP contribution in [0.5, 0.6) is 5.88 Å². The number of carbonyl (C=O) groups excluding carboxylic acids is 2. The quantitative estimate of drug-likeness (QED) is 0.699. The van der Waals surface area contributed by atoms with Gasteiger partial charge in [-0.1, -0.05) is 30.3 Å². The largest absolute Gasteiger partial charge is 0.472 e. The van der Waals surface area contributed by atoms with Crippen molar-refractivity contribution in [2.45, 2.75) is 52.4 Å². The Balaban J connectivity index is 2.17. The number of hydrogen-bond acceptors (Lipinski definition) is 7. The van der Waals surface area contributed by atoms with Gasteiger partial charge in [-0.3, -0.25) is 0 Å². The fourth-order valence-electron chi connectivity index (χ4n) is 2.29. The standard InChI is InChI=1S/C20H26N2O5S/c1-6-25-17(23)20(5,21-18(24)27-19(2,3)4)15-12-16(22-28-15)26-13-14-10-8-7-9-11-14/h7-12H,6,13H2,1-5H3,(H,21,24). The van der Waals surface area contributed by atoms with E-state index in [0.717, 1.165) is 17.1 Å². The third-order valence-corrected chi connectivity index (χ3v) is 4.64. The van der Waals surface area contributed by atoms with Crippen molar-refractivity contribution in [3.8, 4) is 5.88 Å². The molecule has 0 aliphatic heterocycles. The molecule has 28 heavy (non-hydrogen) atoms. The van der Waals surface area contributed by atoms with Gasteiger partial charge in [0.25, 0.3) is 0 Å². The number of aromatic nitrogens is 1. The number of ether oxygens (including phenoxy) is 3. The van der Waals surface area contributed by atoms with Gasteiger partial charge in [0.2, 0.25) is 5.88 Å². The minimum atomic E-state index is -1.44. The number of amides is 1. The molecule has 1 unspecified atom stereocenters. The SMILES string of the molecule is CCOC(=O)C(C)(NC(=O)OC(C)(C)C)c1cc(OCc2ccccc2)ns1. The number of esters is 1. The third kappa shape index (κ3) is 5.95. The summed E-state index contributed by atoms with van der Waals surface area (Å²) in [5.74, 6) is -0.232. The zero-order valence-corrected chi connectivity index (χ0v) is 17.6. The molecule has 1 N–H and O–H groups in total. The van der Waals surface area contributed by atoms with Crippen LogP contribution in [0.2, 0.25) is 0 Å². The highest BCUT2D eigenvalue weighted by molar-refractivity contribution is 7.06. The summed E-state index contributed by atoms with van der Waals surface area (Å²) in [6.45, 7) is 9.03. The number of hydrogen-bond donors (Lipinski definition) is 1. The predicted molar refractivity (Wildman–Crippen MR) is 106 cm³/mol. The lowest BCUT2D eigenvalue weighted by atomic mass is 10.0. The second-order valence-electron chi connectivity index (χ2n) is 7.28. The summed E-state index contributed by atoms with van der Waals surface area (Å²) >= 11 is 1.06. The smallest absolute Gasteiger partial charge is 0.408 e. The van der Waals surface area contributed by atoms with Gasteiger partial charge < -0.3 is 19.5 Å². The number of benzene rings is 1. The Hall–Kier alpha value is -2.61. The maximum absolute atomic E-state index is 12.6. The predicted octanol–water partition coefficient (Wildman–Crippen LogP) is 4.03. The molecule has 1 amide bonds. The van der Waals surface area contributed by atoms with Crippen LogP contribution >= 0.6 is 11.5 Å². The van der Waals surface area contributed by atoms with E-state index in [1.807, 2.05) is 30.3 Å². The lowest BCUT2D eigenvalue weighted by Crippen LogP contribution is -2.51. The van der Waals surface area contributed by atoms with Crippen LogP contribution in [0.3, 0.4) is 0 Å². The Bertz CT molecular complexity index is 800. The molecule has 0 bridgehead atoms. The zero-order valence-electron chi connectivity index (χ0n) is 16.8. The maximum atomic E-state index is 12.6. The van der Waals surface area contributed by atoms with Crippen LogP contribution in [0.4, 0.5) is 4.79 Å². The van der Waals surface area contributed by atoms with Gasteiger partial charge in [0.1, 0.15) is 12.2 Å². The van der Waals surface area contributed by atoms with Crippen LogP contribution in [0, 0.1) is 0 Å². The summed E-state index contributed by atoms with van der Waals surface area (Å²) in [6.07, 6.45) is -0.719. The molecule has 1 heterocycles. The monoisotopic (exact) mass is 406 g/mol. The lowest BCUT2D eigenvalue weighted by Gasteiger charge is -2.28. The number of rotatable bonds is 7. The highest BCUT2D eigenvalue weighted by Gasteiger charge is 2.41. The first-order chi connectivity index (χ1) is 13.1. The van der Waals surface area contributed by atoms with Crippen LogP contribution < -0.4 is 10.1 Å². The first-order valence-corrected chi connectivity index (χ1v) is 9.73. The van der Waals surface area contributed by atoms with Gasteiger partial charge in [-0.2, -0.15) is 4.37 Å². The van der Waals surface area contributed by atoms with Gasteiger partial charge in [-0.15, -0.1) is 0 Å². The van der Waals surface area contributed by atoms with E-state index in [0.29, 0.717) is 17.4 Å². The third-order valence-electron chi connectivity index (χ3n) is 3.65. The van der Waals surface area contributed by atoms with E-state index in [4.69, 9.17) is 14.2 Å². The van der Waals surface area contributed by atoms with Crippen molar-refractivity contribution in [3.05, 3.63) is 46.8 Å². The first kappa shape index (κ1) is 21.7. The van der Waals surface area contributed by atoms with Crippen LogP contribution in [0.15, 0.2) is 36.4 Å². The van der Waals surface area contributed by atoms with Gasteiger partial charge in [0.15, 0.2) is 5.54 Å². The molecule has 2 rings (SSSR count). The van der Waals surface area contributed by atoms with Gasteiger partial charge in [0, 0.05) is 6.07 Å². The Kier molecular flexibility index (Phi) is 7.01. The Morgan fingerprint density at radius 2 is 1.82 bits per heavy atom. The average Bonchev–Trinajstić information content (AvgIpc) is 3.09. The van der Waals surface area contributed by atoms with Crippen molar-refractivity contribution in [2.24, 2.45) is 0 Å². The van der Waals surface area contributed by atoms with Gasteiger partial charge in [-0.25, -0.2) is 9.59 Å². The van der Waals surface area contributed by atoms with Crippen molar-refractivity contribution in [2.75, 3.05) is 6.61 Å². The molecule has 0 spiro atoms. The summed E-state index contributed by atoms with van der Waals surface area (Å²) in [4.78, 5) is 25.4. The van der Waals surface area contributed by atoms with E-state index in [-0.39, 0.29) is 6.61 Å². The molecule has 1 atom stereocenters. The van der Waals surface area contributed by atoms with E-state index in [1.165, 1.54) is 0 Å². The molecule has 0 saturated carbocycles. The Morgan fingerprint density at radius 1 is 1.14 bits per heavy atom. The average molecular weight is 407 g/mol. The Morgan fingerprint density at radius 3 is 2.43 bits per heavy atom. The lowest BCUT2D eigenvalue weighted by molar-refractivity contribution is -0.150. The molecule has 0 aliphatic carbocycles. The van der Waals surface area contributed by atoms with Crippen molar-refractivity contribution in [1.29, 1.82) is 0 Å². The molecule has 0 fully saturated rings. The molecule has 2 aromatic rings. The number of carbonyl (C=O) groups is 2. The van der Waals surface area contributed by atoms with Gasteiger partial charge >= 0.3 is 12.1 Å². The van der Waals surface area contributed by atoms with Gasteiger partial charge in [-0.05, 0) is 51.7 Å². The molecular formula is C20H26N2O5S. The zero-order chi connectivity index (χ0) is 20.8. The number of nitrogens with one attached hydrogen (secondary N) is 1. The van der Waals surface area contributed by atoms with E-state index in [1.54, 1.807) is 40.7 Å². The fraction of sp³-hybridized carbons (Fsp3) is 0.450. The molecule has 1 aromatic heterocycles. The van der Waals surface area contributed by atoms with Crippen molar-refractivity contribution in [1.82, 2.24) is 9.69 Å². The van der Waals surface area contributed by atoms with Crippen LogP contribution in [-0.4, -0.2) is 28.6 Å². The molecule has 0 saturated heterocycles. The second-order valence-corrected chi connectivity index (χ2v) is 8.08. The van der Waals surface area contributed by atoms with E-state index in [9.17, 15) is 9.59 Å². The highest BCUT2D eigenvalue weighted by atomic mass is 32.1. The molecular weight excluding hydrogens is 380 g/mol. The minimum absolute atomic E-state index is 0.181. The number of nitrogens with zero attached hydrogens (tertiary/aromatic N) is 1. The topological polar surface area (TPSA) is 86.8 Å². The van der Waals surface area contributed by atoms with Gasteiger partial charge in [0.05, 0.1) is 11.5 Å². The summed E-state index contributed by atoms with van der Waals surface area (Å²) in [5, 5.41) is 2.62. The van der Waals surface area contributed by atoms with E-state index in [2.05, 4.69) is 9.69 Å². The maximum Gasteiger partial charge on any atom is 0.408 e. The minimum Gasteiger partial charge on any atom is -0.472 e. The normalized spacial score (nSPS) is 13.3. The number of alkyl carbamates (subject to hydrolysis) is 1. The Labute approximate surface area is 169 Å². The van der Waals surface area contributed by atoms with Crippen molar-refractivity contribution in [3.63, 3.8) is 0 Å². The molecule has 8 heteroatoms. The van der Waals surface area contributed by atoms with Crippen LogP contribution in [-0.2, 0) is 26.4 Å². The van der Waals surface area contributed by atoms with Crippen LogP contribution in [0.25, 0.3) is 0 Å². The summed E-state index contributed by atoms with van der Waals surface area (Å²) in [5.41, 5.74) is -1.14. The highest BCUT2D eigenvalue weighted by Crippen LogP contribution is 2.30.